The van der Waals surface area contributed by atoms with Crippen LogP contribution < -0.4 is 10.7 Å². The highest BCUT2D eigenvalue weighted by atomic mass is 32.2. The lowest BCUT2D eigenvalue weighted by Gasteiger charge is -2.26. The van der Waals surface area contributed by atoms with Crippen LogP contribution >= 0.6 is 24.0 Å². The maximum atomic E-state index is 12.2. The summed E-state index contributed by atoms with van der Waals surface area (Å²) < 4.78 is 0. The summed E-state index contributed by atoms with van der Waals surface area (Å²) in [7, 11) is 0. The lowest BCUT2D eigenvalue weighted by molar-refractivity contribution is -0.129. The highest BCUT2D eigenvalue weighted by molar-refractivity contribution is 8.00. The summed E-state index contributed by atoms with van der Waals surface area (Å²) >= 11 is 6.95. The Morgan fingerprint density at radius 2 is 1.87 bits per heavy atom. The van der Waals surface area contributed by atoms with Gasteiger partial charge >= 0.3 is 0 Å². The van der Waals surface area contributed by atoms with Crippen LogP contribution in [0.5, 0.6) is 0 Å². The van der Waals surface area contributed by atoms with E-state index in [1.165, 1.54) is 0 Å². The summed E-state index contributed by atoms with van der Waals surface area (Å²) in [5.74, 6) is 0.470. The molecular formula is C17H17N3OS2. The number of anilines is 1. The van der Waals surface area contributed by atoms with Gasteiger partial charge in [-0.2, -0.15) is 0 Å². The summed E-state index contributed by atoms with van der Waals surface area (Å²) in [6.45, 7) is 2.01. The Morgan fingerprint density at radius 1 is 1.17 bits per heavy atom. The number of thioether (sulfide) groups is 1. The highest BCUT2D eigenvalue weighted by Gasteiger charge is 2.33. The van der Waals surface area contributed by atoms with Gasteiger partial charge in [0.25, 0.3) is 5.91 Å². The number of hydrazine groups is 1. The van der Waals surface area contributed by atoms with Gasteiger partial charge in [0, 0.05) is 5.69 Å². The van der Waals surface area contributed by atoms with Gasteiger partial charge in [0.2, 0.25) is 0 Å². The molecule has 3 rings (SSSR count). The smallest absolute Gasteiger partial charge is 0.252 e. The maximum Gasteiger partial charge on any atom is 0.252 e. The molecule has 2 N–H and O–H groups in total. The lowest BCUT2D eigenvalue weighted by atomic mass is 10.2. The molecule has 1 aliphatic heterocycles. The largest absolute Gasteiger partial charge is 0.331 e. The molecule has 1 amide bonds. The van der Waals surface area contributed by atoms with E-state index in [0.29, 0.717) is 10.9 Å². The number of para-hydroxylation sites is 1. The molecule has 23 heavy (non-hydrogen) atoms. The summed E-state index contributed by atoms with van der Waals surface area (Å²) in [5.41, 5.74) is 6.14. The zero-order valence-electron chi connectivity index (χ0n) is 12.7. The molecule has 1 fully saturated rings. The third kappa shape index (κ3) is 3.65. The minimum Gasteiger partial charge on any atom is -0.331 e. The van der Waals surface area contributed by atoms with Crippen LogP contribution in [-0.2, 0) is 4.79 Å². The summed E-state index contributed by atoms with van der Waals surface area (Å²) in [4.78, 5) is 12.2. The number of nitrogens with zero attached hydrogens (tertiary/aromatic N) is 1. The molecule has 0 aliphatic carbocycles. The number of hydrogen-bond acceptors (Lipinski definition) is 3. The minimum absolute atomic E-state index is 0.0257. The third-order valence-corrected chi connectivity index (χ3v) is 4.97. The molecule has 1 unspecified atom stereocenters. The predicted molar refractivity (Wildman–Crippen MR) is 99.0 cm³/mol. The van der Waals surface area contributed by atoms with Crippen LogP contribution in [0.1, 0.15) is 16.5 Å². The van der Waals surface area contributed by atoms with E-state index < -0.39 is 0 Å². The Balaban J connectivity index is 1.71. The monoisotopic (exact) mass is 343 g/mol. The van der Waals surface area contributed by atoms with E-state index in [0.717, 1.165) is 16.8 Å². The molecule has 1 saturated heterocycles. The fraction of sp³-hybridized carbons (Fsp3) is 0.176. The van der Waals surface area contributed by atoms with Crippen LogP contribution in [0.25, 0.3) is 0 Å². The van der Waals surface area contributed by atoms with Gasteiger partial charge in [-0.25, -0.2) is 5.01 Å². The van der Waals surface area contributed by atoms with Gasteiger partial charge in [0.15, 0.2) is 5.11 Å². The van der Waals surface area contributed by atoms with Gasteiger partial charge in [-0.15, -0.1) is 11.8 Å². The van der Waals surface area contributed by atoms with Gasteiger partial charge < -0.3 is 5.32 Å². The summed E-state index contributed by atoms with van der Waals surface area (Å²) in [6, 6.07) is 17.8. The van der Waals surface area contributed by atoms with E-state index in [2.05, 4.69) is 10.7 Å². The Kier molecular flexibility index (Phi) is 4.83. The predicted octanol–water partition coefficient (Wildman–Crippen LogP) is 3.47. The molecule has 1 heterocycles. The molecule has 0 spiro atoms. The second kappa shape index (κ2) is 7.02. The van der Waals surface area contributed by atoms with Crippen LogP contribution in [0.3, 0.4) is 0 Å². The van der Waals surface area contributed by atoms with Crippen molar-refractivity contribution in [3.05, 3.63) is 65.7 Å². The van der Waals surface area contributed by atoms with Crippen molar-refractivity contribution < 1.29 is 4.79 Å². The number of hydrogen-bond donors (Lipinski definition) is 2. The maximum absolute atomic E-state index is 12.2. The Morgan fingerprint density at radius 3 is 2.61 bits per heavy atom. The first-order valence-corrected chi connectivity index (χ1v) is 8.73. The fourth-order valence-electron chi connectivity index (χ4n) is 2.38. The second-order valence-corrected chi connectivity index (χ2v) is 6.70. The second-order valence-electron chi connectivity index (χ2n) is 5.22. The molecule has 1 atom stereocenters. The number of carbonyl (C=O) groups excluding carboxylic acids is 1. The topological polar surface area (TPSA) is 44.4 Å². The summed E-state index contributed by atoms with van der Waals surface area (Å²) in [6.07, 6.45) is 0. The van der Waals surface area contributed by atoms with E-state index in [-0.39, 0.29) is 11.3 Å². The van der Waals surface area contributed by atoms with Crippen LogP contribution in [0, 0.1) is 6.92 Å². The van der Waals surface area contributed by atoms with Crippen LogP contribution in [0.15, 0.2) is 54.6 Å². The molecular weight excluding hydrogens is 326 g/mol. The van der Waals surface area contributed by atoms with Gasteiger partial charge in [-0.3, -0.25) is 10.2 Å². The van der Waals surface area contributed by atoms with Crippen molar-refractivity contribution in [2.45, 2.75) is 12.3 Å². The quantitative estimate of drug-likeness (QED) is 0.836. The number of aryl methyl sites for hydroxylation is 1. The lowest BCUT2D eigenvalue weighted by Crippen LogP contribution is -2.46. The summed E-state index contributed by atoms with van der Waals surface area (Å²) in [5, 5.41) is 5.10. The van der Waals surface area contributed by atoms with Gasteiger partial charge in [-0.1, -0.05) is 48.5 Å². The molecule has 0 aromatic heterocycles. The number of thiocarbonyl (C=S) groups is 1. The average Bonchev–Trinajstić information content (AvgIpc) is 2.91. The van der Waals surface area contributed by atoms with E-state index >= 15 is 0 Å². The fourth-order valence-corrected chi connectivity index (χ4v) is 3.70. The number of carbonyl (C=O) groups is 1. The zero-order valence-corrected chi connectivity index (χ0v) is 14.3. The van der Waals surface area contributed by atoms with Gasteiger partial charge in [-0.05, 0) is 36.3 Å². The zero-order chi connectivity index (χ0) is 16.2. The van der Waals surface area contributed by atoms with Crippen molar-refractivity contribution in [1.29, 1.82) is 0 Å². The van der Waals surface area contributed by atoms with Crippen molar-refractivity contribution in [2.24, 2.45) is 0 Å². The van der Waals surface area contributed by atoms with E-state index in [9.17, 15) is 4.79 Å². The number of amides is 1. The minimum atomic E-state index is -0.0691. The first kappa shape index (κ1) is 15.8. The van der Waals surface area contributed by atoms with Crippen molar-refractivity contribution >= 4 is 40.7 Å². The van der Waals surface area contributed by atoms with Crippen LogP contribution in [0.2, 0.25) is 0 Å². The molecule has 4 nitrogen and oxygen atoms in total. The van der Waals surface area contributed by atoms with Crippen molar-refractivity contribution in [2.75, 3.05) is 11.1 Å². The molecule has 0 bridgehead atoms. The van der Waals surface area contributed by atoms with Crippen LogP contribution in [0.4, 0.5) is 5.69 Å². The average molecular weight is 343 g/mol. The molecule has 2 aromatic rings. The molecule has 118 valence electrons. The molecule has 6 heteroatoms. The molecule has 2 aromatic carbocycles. The van der Waals surface area contributed by atoms with E-state index in [1.807, 2.05) is 61.5 Å². The van der Waals surface area contributed by atoms with Crippen molar-refractivity contribution in [3.63, 3.8) is 0 Å². The normalized spacial score (nSPS) is 17.2. The molecule has 0 radical (unpaired) electrons. The number of rotatable bonds is 3. The highest BCUT2D eigenvalue weighted by Crippen LogP contribution is 2.37. The van der Waals surface area contributed by atoms with Gasteiger partial charge in [0.05, 0.1) is 5.75 Å². The molecule has 1 aliphatic rings. The van der Waals surface area contributed by atoms with Crippen molar-refractivity contribution in [3.8, 4) is 0 Å². The first-order valence-electron chi connectivity index (χ1n) is 7.27. The Labute approximate surface area is 145 Å². The first-order chi connectivity index (χ1) is 11.1. The Bertz CT molecular complexity index is 721. The SMILES string of the molecule is Cc1ccccc1NC(=S)NN1C(=O)CSC1c1ccccc1. The van der Waals surface area contributed by atoms with Crippen LogP contribution in [-0.4, -0.2) is 21.8 Å². The van der Waals surface area contributed by atoms with E-state index in [1.54, 1.807) is 16.8 Å². The van der Waals surface area contributed by atoms with E-state index in [4.69, 9.17) is 12.2 Å². The molecule has 0 saturated carbocycles. The number of benzene rings is 2. The van der Waals surface area contributed by atoms with Gasteiger partial charge in [0.1, 0.15) is 5.37 Å². The third-order valence-electron chi connectivity index (χ3n) is 3.57. The Hall–Kier alpha value is -2.05. The standard InChI is InChI=1S/C17H17N3OS2/c1-12-7-5-6-10-14(12)18-17(22)19-20-15(21)11-23-16(20)13-8-3-2-4-9-13/h2-10,16H,11H2,1H3,(H2,18,19,22). The number of nitrogens with one attached hydrogen (secondary N) is 2. The van der Waals surface area contributed by atoms with Crippen molar-refractivity contribution in [1.82, 2.24) is 10.4 Å².